The molecular formula is C18H16FN3O3. The summed E-state index contributed by atoms with van der Waals surface area (Å²) in [5.74, 6) is 0.384. The molecule has 2 aromatic carbocycles. The van der Waals surface area contributed by atoms with Crippen molar-refractivity contribution >= 4 is 11.6 Å². The van der Waals surface area contributed by atoms with E-state index in [1.807, 2.05) is 0 Å². The summed E-state index contributed by atoms with van der Waals surface area (Å²) in [4.78, 5) is 12.4. The Morgan fingerprint density at radius 2 is 1.84 bits per heavy atom. The molecule has 0 radical (unpaired) electrons. The van der Waals surface area contributed by atoms with Crippen molar-refractivity contribution in [2.45, 2.75) is 0 Å². The molecule has 6 nitrogen and oxygen atoms in total. The summed E-state index contributed by atoms with van der Waals surface area (Å²) >= 11 is 0. The molecule has 25 heavy (non-hydrogen) atoms. The normalized spacial score (nSPS) is 10.4. The molecule has 0 saturated carbocycles. The second-order valence-corrected chi connectivity index (χ2v) is 5.19. The molecule has 0 saturated heterocycles. The number of nitrogens with one attached hydrogen (secondary N) is 2. The number of hydrogen-bond acceptors (Lipinski definition) is 4. The van der Waals surface area contributed by atoms with Gasteiger partial charge in [-0.25, -0.2) is 4.39 Å². The SMILES string of the molecule is COc1ccc(OC)c(NC(=O)c2cc(-c3ccc(F)cc3)n[nH]2)c1. The van der Waals surface area contributed by atoms with E-state index < -0.39 is 0 Å². The Kier molecular flexibility index (Phi) is 4.65. The van der Waals surface area contributed by atoms with Gasteiger partial charge in [0.25, 0.3) is 5.91 Å². The van der Waals surface area contributed by atoms with Crippen LogP contribution in [-0.4, -0.2) is 30.3 Å². The highest BCUT2D eigenvalue weighted by Gasteiger charge is 2.14. The van der Waals surface area contributed by atoms with E-state index in [-0.39, 0.29) is 17.4 Å². The highest BCUT2D eigenvalue weighted by molar-refractivity contribution is 6.04. The highest BCUT2D eigenvalue weighted by atomic mass is 19.1. The third kappa shape index (κ3) is 3.60. The minimum absolute atomic E-state index is 0.268. The zero-order chi connectivity index (χ0) is 17.8. The molecule has 0 aliphatic carbocycles. The van der Waals surface area contributed by atoms with E-state index in [0.29, 0.717) is 28.4 Å². The molecule has 3 aromatic rings. The number of aromatic amines is 1. The lowest BCUT2D eigenvalue weighted by molar-refractivity contribution is 0.102. The zero-order valence-corrected chi connectivity index (χ0v) is 13.7. The number of amides is 1. The molecule has 0 unspecified atom stereocenters. The van der Waals surface area contributed by atoms with Gasteiger partial charge in [0.2, 0.25) is 0 Å². The van der Waals surface area contributed by atoms with Crippen LogP contribution in [0.15, 0.2) is 48.5 Å². The van der Waals surface area contributed by atoms with Crippen LogP contribution in [0.2, 0.25) is 0 Å². The second-order valence-electron chi connectivity index (χ2n) is 5.19. The first-order chi connectivity index (χ1) is 12.1. The first-order valence-corrected chi connectivity index (χ1v) is 7.45. The fourth-order valence-electron chi connectivity index (χ4n) is 2.31. The lowest BCUT2D eigenvalue weighted by Crippen LogP contribution is -2.13. The number of halogens is 1. The summed E-state index contributed by atoms with van der Waals surface area (Å²) in [6.45, 7) is 0. The van der Waals surface area contributed by atoms with E-state index >= 15 is 0 Å². The van der Waals surface area contributed by atoms with E-state index in [2.05, 4.69) is 15.5 Å². The van der Waals surface area contributed by atoms with Gasteiger partial charge in [0, 0.05) is 11.6 Å². The monoisotopic (exact) mass is 341 g/mol. The second kappa shape index (κ2) is 7.04. The van der Waals surface area contributed by atoms with Gasteiger partial charge in [-0.2, -0.15) is 5.10 Å². The number of anilines is 1. The third-order valence-electron chi connectivity index (χ3n) is 3.62. The van der Waals surface area contributed by atoms with Crippen molar-refractivity contribution in [1.82, 2.24) is 10.2 Å². The predicted octanol–water partition coefficient (Wildman–Crippen LogP) is 3.49. The van der Waals surface area contributed by atoms with Crippen molar-refractivity contribution in [1.29, 1.82) is 0 Å². The highest BCUT2D eigenvalue weighted by Crippen LogP contribution is 2.29. The lowest BCUT2D eigenvalue weighted by atomic mass is 10.1. The van der Waals surface area contributed by atoms with Crippen LogP contribution in [-0.2, 0) is 0 Å². The number of benzene rings is 2. The average Bonchev–Trinajstić information content (AvgIpc) is 3.12. The van der Waals surface area contributed by atoms with E-state index in [9.17, 15) is 9.18 Å². The summed E-state index contributed by atoms with van der Waals surface area (Å²) in [6, 6.07) is 12.6. The summed E-state index contributed by atoms with van der Waals surface area (Å²) in [5.41, 5.74) is 1.99. The molecule has 0 aliphatic rings. The molecule has 0 atom stereocenters. The summed E-state index contributed by atoms with van der Waals surface area (Å²) < 4.78 is 23.4. The van der Waals surface area contributed by atoms with Gasteiger partial charge in [0.05, 0.1) is 25.6 Å². The van der Waals surface area contributed by atoms with Gasteiger partial charge < -0.3 is 14.8 Å². The van der Waals surface area contributed by atoms with Crippen LogP contribution < -0.4 is 14.8 Å². The van der Waals surface area contributed by atoms with Gasteiger partial charge in [0.1, 0.15) is 23.0 Å². The zero-order valence-electron chi connectivity index (χ0n) is 13.7. The number of H-pyrrole nitrogens is 1. The van der Waals surface area contributed by atoms with Crippen molar-refractivity contribution in [3.63, 3.8) is 0 Å². The standard InChI is InChI=1S/C18H16FN3O3/c1-24-13-7-8-17(25-2)15(9-13)20-18(23)16-10-14(21-22-16)11-3-5-12(19)6-4-11/h3-10H,1-2H3,(H,20,23)(H,21,22). The topological polar surface area (TPSA) is 76.2 Å². The Balaban J connectivity index is 1.81. The molecule has 0 spiro atoms. The average molecular weight is 341 g/mol. The number of methoxy groups -OCH3 is 2. The minimum Gasteiger partial charge on any atom is -0.497 e. The Morgan fingerprint density at radius 1 is 1.08 bits per heavy atom. The van der Waals surface area contributed by atoms with Crippen LogP contribution in [0.3, 0.4) is 0 Å². The molecule has 128 valence electrons. The van der Waals surface area contributed by atoms with Crippen LogP contribution in [0.4, 0.5) is 10.1 Å². The number of carbonyl (C=O) groups is 1. The maximum atomic E-state index is 13.0. The van der Waals surface area contributed by atoms with Gasteiger partial charge in [0.15, 0.2) is 0 Å². The number of hydrogen-bond donors (Lipinski definition) is 2. The number of aromatic nitrogens is 2. The van der Waals surface area contributed by atoms with Crippen LogP contribution in [0.5, 0.6) is 11.5 Å². The minimum atomic E-state index is -0.382. The molecule has 2 N–H and O–H groups in total. The largest absolute Gasteiger partial charge is 0.497 e. The molecule has 7 heteroatoms. The van der Waals surface area contributed by atoms with Crippen LogP contribution >= 0.6 is 0 Å². The van der Waals surface area contributed by atoms with Gasteiger partial charge in [-0.1, -0.05) is 0 Å². The van der Waals surface area contributed by atoms with Gasteiger partial charge in [-0.05, 0) is 42.5 Å². The quantitative estimate of drug-likeness (QED) is 0.745. The fraction of sp³-hybridized carbons (Fsp3) is 0.111. The Labute approximate surface area is 143 Å². The Morgan fingerprint density at radius 3 is 2.52 bits per heavy atom. The van der Waals surface area contributed by atoms with Gasteiger partial charge in [-0.3, -0.25) is 9.89 Å². The van der Waals surface area contributed by atoms with Crippen molar-refractivity contribution < 1.29 is 18.7 Å². The van der Waals surface area contributed by atoms with Gasteiger partial charge in [-0.15, -0.1) is 0 Å². The van der Waals surface area contributed by atoms with E-state index in [0.717, 1.165) is 0 Å². The van der Waals surface area contributed by atoms with Crippen molar-refractivity contribution in [2.24, 2.45) is 0 Å². The fourth-order valence-corrected chi connectivity index (χ4v) is 2.31. The smallest absolute Gasteiger partial charge is 0.273 e. The van der Waals surface area contributed by atoms with Crippen LogP contribution in [0.25, 0.3) is 11.3 Å². The molecule has 3 rings (SSSR count). The molecular weight excluding hydrogens is 325 g/mol. The summed E-state index contributed by atoms with van der Waals surface area (Å²) in [6.07, 6.45) is 0. The molecule has 0 fully saturated rings. The first-order valence-electron chi connectivity index (χ1n) is 7.45. The lowest BCUT2D eigenvalue weighted by Gasteiger charge is -2.11. The number of ether oxygens (including phenoxy) is 2. The number of carbonyl (C=O) groups excluding carboxylic acids is 1. The van der Waals surface area contributed by atoms with Crippen LogP contribution in [0.1, 0.15) is 10.5 Å². The number of rotatable bonds is 5. The predicted molar refractivity (Wildman–Crippen MR) is 91.5 cm³/mol. The summed E-state index contributed by atoms with van der Waals surface area (Å²) in [7, 11) is 3.05. The summed E-state index contributed by atoms with van der Waals surface area (Å²) in [5, 5.41) is 9.52. The maximum absolute atomic E-state index is 13.0. The van der Waals surface area contributed by atoms with E-state index in [1.54, 1.807) is 36.4 Å². The van der Waals surface area contributed by atoms with E-state index in [4.69, 9.17) is 9.47 Å². The maximum Gasteiger partial charge on any atom is 0.273 e. The Bertz CT molecular complexity index is 891. The van der Waals surface area contributed by atoms with Gasteiger partial charge >= 0.3 is 0 Å². The molecule has 1 heterocycles. The third-order valence-corrected chi connectivity index (χ3v) is 3.62. The van der Waals surface area contributed by atoms with Crippen molar-refractivity contribution in [3.8, 4) is 22.8 Å². The molecule has 1 aromatic heterocycles. The number of nitrogens with zero attached hydrogens (tertiary/aromatic N) is 1. The van der Waals surface area contributed by atoms with E-state index in [1.165, 1.54) is 26.4 Å². The van der Waals surface area contributed by atoms with Crippen LogP contribution in [0, 0.1) is 5.82 Å². The Hall–Kier alpha value is -3.35. The first kappa shape index (κ1) is 16.5. The van der Waals surface area contributed by atoms with Crippen molar-refractivity contribution in [2.75, 3.05) is 19.5 Å². The molecule has 0 aliphatic heterocycles. The van der Waals surface area contributed by atoms with Crippen molar-refractivity contribution in [3.05, 3.63) is 60.0 Å². The molecule has 0 bridgehead atoms. The molecule has 1 amide bonds.